The van der Waals surface area contributed by atoms with Crippen molar-refractivity contribution >= 4 is 26.0 Å². The van der Waals surface area contributed by atoms with E-state index in [1.165, 1.54) is 49.2 Å². The zero-order valence-electron chi connectivity index (χ0n) is 21.0. The van der Waals surface area contributed by atoms with E-state index in [0.29, 0.717) is 19.8 Å². The molecule has 0 rings (SSSR count). The Morgan fingerprint density at radius 1 is 0.536 bits per heavy atom. The third-order valence-corrected chi connectivity index (χ3v) is 21.7. The maximum Gasteiger partial charge on any atom is 0.484 e. The predicted octanol–water partition coefficient (Wildman–Crippen LogP) is 6.52. The molecule has 0 spiro atoms. The highest BCUT2D eigenvalue weighted by atomic mass is 28.4. The van der Waals surface area contributed by atoms with Crippen molar-refractivity contribution in [1.82, 2.24) is 4.23 Å². The summed E-state index contributed by atoms with van der Waals surface area (Å²) in [6, 6.07) is 8.72. The molecule has 0 amide bonds. The Hall–Kier alpha value is 0.491. The van der Waals surface area contributed by atoms with Gasteiger partial charge in [-0.3, -0.25) is 0 Å². The van der Waals surface area contributed by atoms with Crippen LogP contribution in [0.3, 0.4) is 0 Å². The largest absolute Gasteiger partial charge is 0.484 e. The minimum atomic E-state index is -1.73. The second-order valence-corrected chi connectivity index (χ2v) is 19.6. The molecule has 0 saturated heterocycles. The monoisotopic (exact) mass is 451 g/mol. The van der Waals surface area contributed by atoms with Crippen molar-refractivity contribution in [2.75, 3.05) is 26.4 Å². The van der Waals surface area contributed by atoms with Gasteiger partial charge in [0.1, 0.15) is 16.5 Å². The maximum atomic E-state index is 5.22. The summed E-state index contributed by atoms with van der Waals surface area (Å²) in [7, 11) is -4.08. The van der Waals surface area contributed by atoms with Crippen molar-refractivity contribution in [3.8, 4) is 0 Å². The lowest BCUT2D eigenvalue weighted by Gasteiger charge is -2.52. The minimum Gasteiger partial charge on any atom is -0.376 e. The summed E-state index contributed by atoms with van der Waals surface area (Å²) in [4.78, 5) is 0. The number of nitrogens with zero attached hydrogens (tertiary/aromatic N) is 1. The van der Waals surface area contributed by atoms with Gasteiger partial charge >= 0.3 is 9.53 Å². The summed E-state index contributed by atoms with van der Waals surface area (Å²) in [6.07, 6.45) is 1.34. The van der Waals surface area contributed by atoms with Crippen LogP contribution < -0.4 is 0 Å². The fourth-order valence-corrected chi connectivity index (χ4v) is 19.1. The molecule has 4 nitrogen and oxygen atoms in total. The van der Waals surface area contributed by atoms with E-state index in [1.54, 1.807) is 0 Å². The van der Waals surface area contributed by atoms with Crippen LogP contribution in [0.2, 0.25) is 36.3 Å². The molecule has 0 unspecified atom stereocenters. The van der Waals surface area contributed by atoms with Crippen LogP contribution in [0.1, 0.15) is 75.7 Å². The van der Waals surface area contributed by atoms with Gasteiger partial charge in [-0.15, -0.1) is 0 Å². The minimum absolute atomic E-state index is 0.677. The highest BCUT2D eigenvalue weighted by molar-refractivity contribution is 6.92. The summed E-state index contributed by atoms with van der Waals surface area (Å²) < 4.78 is 18.8. The van der Waals surface area contributed by atoms with Crippen molar-refractivity contribution in [2.24, 2.45) is 0 Å². The zero-order valence-corrected chi connectivity index (χ0v) is 24.2. The normalized spacial score (nSPS) is 12.4. The van der Waals surface area contributed by atoms with Gasteiger partial charge in [0.15, 0.2) is 0 Å². The molecule has 0 aromatic heterocycles. The second-order valence-electron chi connectivity index (χ2n) is 7.38. The number of hydrogen-bond donors (Lipinski definition) is 0. The third kappa shape index (κ3) is 9.53. The summed E-state index contributed by atoms with van der Waals surface area (Å²) in [5, 5.41) is 0. The molecule has 0 aliphatic carbocycles. The van der Waals surface area contributed by atoms with Crippen molar-refractivity contribution < 1.29 is 13.3 Å². The molecular weight excluding hydrogens is 398 g/mol. The average molecular weight is 452 g/mol. The molecule has 0 N–H and O–H groups in total. The SMILES string of the molecule is CCCN([Si](CC)(CC)CC)[Si](CC)(CC)CC.CCO[SiH](OCC)OCC. The van der Waals surface area contributed by atoms with E-state index >= 15 is 0 Å². The van der Waals surface area contributed by atoms with Gasteiger partial charge in [0, 0.05) is 19.8 Å². The smallest absolute Gasteiger partial charge is 0.376 e. The number of hydrogen-bond acceptors (Lipinski definition) is 4. The van der Waals surface area contributed by atoms with Crippen molar-refractivity contribution in [2.45, 2.75) is 112 Å². The number of rotatable bonds is 16. The lowest BCUT2D eigenvalue weighted by atomic mass is 10.5. The molecule has 0 radical (unpaired) electrons. The molecule has 0 aromatic carbocycles. The topological polar surface area (TPSA) is 30.9 Å². The molecule has 0 aromatic rings. The van der Waals surface area contributed by atoms with E-state index in [2.05, 4.69) is 52.7 Å². The Morgan fingerprint density at radius 2 is 0.821 bits per heavy atom. The Labute approximate surface area is 181 Å². The summed E-state index contributed by atoms with van der Waals surface area (Å²) in [5.74, 6) is 0. The molecule has 0 fully saturated rings. The van der Waals surface area contributed by atoms with Gasteiger partial charge < -0.3 is 17.5 Å². The lowest BCUT2D eigenvalue weighted by Crippen LogP contribution is -2.65. The first-order valence-corrected chi connectivity index (χ1v) is 18.6. The Morgan fingerprint density at radius 3 is 1.00 bits per heavy atom. The highest BCUT2D eigenvalue weighted by Crippen LogP contribution is 2.35. The Bertz CT molecular complexity index is 290. The Balaban J connectivity index is 0. The molecule has 0 saturated carbocycles. The van der Waals surface area contributed by atoms with Crippen LogP contribution in [0.5, 0.6) is 0 Å². The van der Waals surface area contributed by atoms with Gasteiger partial charge in [0.05, 0.1) is 0 Å². The first-order chi connectivity index (χ1) is 13.4. The van der Waals surface area contributed by atoms with Gasteiger partial charge in [-0.25, -0.2) is 0 Å². The van der Waals surface area contributed by atoms with E-state index in [-0.39, 0.29) is 0 Å². The van der Waals surface area contributed by atoms with E-state index < -0.39 is 26.0 Å². The fraction of sp³-hybridized carbons (Fsp3) is 1.00. The van der Waals surface area contributed by atoms with Crippen LogP contribution in [0.15, 0.2) is 0 Å². The second kappa shape index (κ2) is 18.3. The van der Waals surface area contributed by atoms with E-state index in [9.17, 15) is 0 Å². The molecule has 0 heterocycles. The zero-order chi connectivity index (χ0) is 22.1. The standard InChI is InChI=1S/C15H37NSi2.C6H16O3Si/c1-8-15-16(17(9-2,10-3)11-4)18(12-5,13-6)14-7;1-4-7-10(8-5-2)9-6-3/h8-15H2,1-7H3;10H,4-6H2,1-3H3. The molecule has 28 heavy (non-hydrogen) atoms. The van der Waals surface area contributed by atoms with Gasteiger partial charge in [0.25, 0.3) is 0 Å². The highest BCUT2D eigenvalue weighted by Gasteiger charge is 2.45. The van der Waals surface area contributed by atoms with Crippen LogP contribution in [-0.2, 0) is 13.3 Å². The molecule has 0 atom stereocenters. The Kier molecular flexibility index (Phi) is 20.0. The van der Waals surface area contributed by atoms with Crippen LogP contribution >= 0.6 is 0 Å². The van der Waals surface area contributed by atoms with Gasteiger partial charge in [-0.05, 0) is 70.0 Å². The molecular formula is C21H53NO3Si3. The lowest BCUT2D eigenvalue weighted by molar-refractivity contribution is 0.107. The predicted molar refractivity (Wildman–Crippen MR) is 133 cm³/mol. The molecule has 0 aliphatic rings. The molecule has 172 valence electrons. The molecule has 7 heteroatoms. The van der Waals surface area contributed by atoms with Crippen LogP contribution in [0.4, 0.5) is 0 Å². The summed E-state index contributed by atoms with van der Waals surface area (Å²) in [6.45, 7) is 26.4. The van der Waals surface area contributed by atoms with E-state index in [1.807, 2.05) is 20.8 Å². The van der Waals surface area contributed by atoms with E-state index in [0.717, 1.165) is 0 Å². The van der Waals surface area contributed by atoms with Crippen LogP contribution in [-0.4, -0.2) is 56.6 Å². The van der Waals surface area contributed by atoms with Gasteiger partial charge in [0.2, 0.25) is 0 Å². The average Bonchev–Trinajstić information content (AvgIpc) is 2.72. The maximum absolute atomic E-state index is 5.22. The fourth-order valence-electron chi connectivity index (χ4n) is 4.40. The summed E-state index contributed by atoms with van der Waals surface area (Å²) in [5.41, 5.74) is 0. The third-order valence-electron chi connectivity index (χ3n) is 6.45. The van der Waals surface area contributed by atoms with Crippen LogP contribution in [0, 0.1) is 0 Å². The first-order valence-electron chi connectivity index (χ1n) is 12.0. The van der Waals surface area contributed by atoms with E-state index in [4.69, 9.17) is 13.3 Å². The molecule has 0 bridgehead atoms. The molecule has 0 aliphatic heterocycles. The summed E-state index contributed by atoms with van der Waals surface area (Å²) >= 11 is 0. The van der Waals surface area contributed by atoms with Crippen molar-refractivity contribution in [3.05, 3.63) is 0 Å². The van der Waals surface area contributed by atoms with Gasteiger partial charge in [-0.2, -0.15) is 0 Å². The quantitative estimate of drug-likeness (QED) is 0.250. The van der Waals surface area contributed by atoms with Crippen LogP contribution in [0.25, 0.3) is 0 Å². The first kappa shape index (κ1) is 30.7. The van der Waals surface area contributed by atoms with Crippen molar-refractivity contribution in [1.29, 1.82) is 0 Å². The van der Waals surface area contributed by atoms with Crippen molar-refractivity contribution in [3.63, 3.8) is 0 Å². The van der Waals surface area contributed by atoms with Gasteiger partial charge in [-0.1, -0.05) is 48.5 Å².